The van der Waals surface area contributed by atoms with Crippen molar-refractivity contribution in [2.45, 2.75) is 6.54 Å². The largest absolute Gasteiger partial charge is 0.494 e. The molecule has 0 saturated carbocycles. The third-order valence-electron chi connectivity index (χ3n) is 3.95. The van der Waals surface area contributed by atoms with Crippen molar-refractivity contribution in [3.63, 3.8) is 0 Å². The lowest BCUT2D eigenvalue weighted by atomic mass is 10.1. The molecular formula is C19H19ClN6O2. The van der Waals surface area contributed by atoms with Gasteiger partial charge in [0.2, 0.25) is 11.9 Å². The summed E-state index contributed by atoms with van der Waals surface area (Å²) in [7, 11) is 1.55. The fraction of sp³-hybridized carbons (Fsp3) is 0.105. The van der Waals surface area contributed by atoms with Crippen LogP contribution in [0.5, 0.6) is 5.75 Å². The number of anilines is 4. The van der Waals surface area contributed by atoms with Gasteiger partial charge in [0.25, 0.3) is 0 Å². The molecule has 0 unspecified atom stereocenters. The van der Waals surface area contributed by atoms with Crippen molar-refractivity contribution in [3.05, 3.63) is 64.8 Å². The fourth-order valence-electron chi connectivity index (χ4n) is 2.58. The molecule has 8 nitrogen and oxygen atoms in total. The standard InChI is InChI=1S/C19H19ClN6O2/c1-28-16-8-12(21)6-7-15(16)25-19-24-10-14(20)18(26-19)23-9-11-4-2-3-5-13(11)17(22)27/h2-8,10H,9,21H2,1H3,(H2,22,27)(H2,23,24,25,26). The molecule has 3 aromatic rings. The predicted octanol–water partition coefficient (Wildman–Crippen LogP) is 3.18. The molecule has 144 valence electrons. The number of hydrogen-bond acceptors (Lipinski definition) is 7. The second kappa shape index (κ2) is 8.45. The first-order valence-corrected chi connectivity index (χ1v) is 8.70. The van der Waals surface area contributed by atoms with Gasteiger partial charge in [-0.05, 0) is 23.8 Å². The van der Waals surface area contributed by atoms with Gasteiger partial charge in [0, 0.05) is 23.9 Å². The third-order valence-corrected chi connectivity index (χ3v) is 4.22. The Morgan fingerprint density at radius 1 is 1.25 bits per heavy atom. The van der Waals surface area contributed by atoms with Gasteiger partial charge in [-0.25, -0.2) is 4.98 Å². The molecule has 0 radical (unpaired) electrons. The molecule has 2 aromatic carbocycles. The van der Waals surface area contributed by atoms with Gasteiger partial charge >= 0.3 is 0 Å². The van der Waals surface area contributed by atoms with Crippen LogP contribution in [0.3, 0.4) is 0 Å². The molecule has 6 N–H and O–H groups in total. The highest BCUT2D eigenvalue weighted by molar-refractivity contribution is 6.32. The predicted molar refractivity (Wildman–Crippen MR) is 110 cm³/mol. The first-order chi connectivity index (χ1) is 13.5. The summed E-state index contributed by atoms with van der Waals surface area (Å²) in [5, 5.41) is 6.52. The molecule has 9 heteroatoms. The SMILES string of the molecule is COc1cc(N)ccc1Nc1ncc(Cl)c(NCc2ccccc2C(N)=O)n1. The highest BCUT2D eigenvalue weighted by atomic mass is 35.5. The number of methoxy groups -OCH3 is 1. The van der Waals surface area contributed by atoms with Crippen molar-refractivity contribution in [2.75, 3.05) is 23.5 Å². The summed E-state index contributed by atoms with van der Waals surface area (Å²) in [6.45, 7) is 0.320. The van der Waals surface area contributed by atoms with E-state index in [2.05, 4.69) is 20.6 Å². The number of nitrogen functional groups attached to an aromatic ring is 1. The number of nitrogens with one attached hydrogen (secondary N) is 2. The lowest BCUT2D eigenvalue weighted by Gasteiger charge is -2.13. The molecule has 3 rings (SSSR count). The highest BCUT2D eigenvalue weighted by Crippen LogP contribution is 2.29. The van der Waals surface area contributed by atoms with Gasteiger partial charge in [-0.3, -0.25) is 4.79 Å². The van der Waals surface area contributed by atoms with Crippen LogP contribution in [0.15, 0.2) is 48.7 Å². The van der Waals surface area contributed by atoms with Gasteiger partial charge in [0.15, 0.2) is 5.82 Å². The molecule has 0 bridgehead atoms. The second-order valence-corrected chi connectivity index (χ2v) is 6.26. The van der Waals surface area contributed by atoms with E-state index in [4.69, 9.17) is 27.8 Å². The number of carbonyl (C=O) groups is 1. The average molecular weight is 399 g/mol. The van der Waals surface area contributed by atoms with Crippen molar-refractivity contribution in [2.24, 2.45) is 5.73 Å². The van der Waals surface area contributed by atoms with Crippen molar-refractivity contribution in [3.8, 4) is 5.75 Å². The summed E-state index contributed by atoms with van der Waals surface area (Å²) < 4.78 is 5.31. The van der Waals surface area contributed by atoms with Gasteiger partial charge in [-0.15, -0.1) is 0 Å². The van der Waals surface area contributed by atoms with E-state index in [0.717, 1.165) is 5.56 Å². The summed E-state index contributed by atoms with van der Waals surface area (Å²) in [6.07, 6.45) is 1.48. The molecule has 0 aliphatic rings. The van der Waals surface area contributed by atoms with E-state index in [9.17, 15) is 4.79 Å². The number of primary amides is 1. The van der Waals surface area contributed by atoms with Crippen LogP contribution in [0.1, 0.15) is 15.9 Å². The topological polar surface area (TPSA) is 128 Å². The van der Waals surface area contributed by atoms with Gasteiger partial charge in [0.05, 0.1) is 19.0 Å². The van der Waals surface area contributed by atoms with Crippen LogP contribution >= 0.6 is 11.6 Å². The Balaban J connectivity index is 1.80. The van der Waals surface area contributed by atoms with E-state index in [1.54, 1.807) is 43.5 Å². The highest BCUT2D eigenvalue weighted by Gasteiger charge is 2.11. The quantitative estimate of drug-likeness (QED) is 0.450. The van der Waals surface area contributed by atoms with Gasteiger partial charge < -0.3 is 26.8 Å². The normalized spacial score (nSPS) is 10.4. The summed E-state index contributed by atoms with van der Waals surface area (Å²) in [4.78, 5) is 20.1. The van der Waals surface area contributed by atoms with Crippen LogP contribution in [-0.4, -0.2) is 23.0 Å². The lowest BCUT2D eigenvalue weighted by Crippen LogP contribution is -2.15. The number of benzene rings is 2. The molecule has 0 aliphatic carbocycles. The van der Waals surface area contributed by atoms with E-state index in [-0.39, 0.29) is 0 Å². The summed E-state index contributed by atoms with van der Waals surface area (Å²) in [6, 6.07) is 12.2. The minimum absolute atomic E-state index is 0.318. The van der Waals surface area contributed by atoms with Crippen molar-refractivity contribution < 1.29 is 9.53 Å². The number of halogens is 1. The van der Waals surface area contributed by atoms with Crippen molar-refractivity contribution in [1.29, 1.82) is 0 Å². The number of hydrogen-bond donors (Lipinski definition) is 4. The number of carbonyl (C=O) groups excluding carboxylic acids is 1. The number of rotatable bonds is 7. The number of amides is 1. The second-order valence-electron chi connectivity index (χ2n) is 5.85. The monoisotopic (exact) mass is 398 g/mol. The van der Waals surface area contributed by atoms with Gasteiger partial charge in [0.1, 0.15) is 10.8 Å². The number of nitrogens with zero attached hydrogens (tertiary/aromatic N) is 2. The van der Waals surface area contributed by atoms with Crippen LogP contribution in [-0.2, 0) is 6.54 Å². The third kappa shape index (κ3) is 4.41. The smallest absolute Gasteiger partial charge is 0.249 e. The zero-order valence-corrected chi connectivity index (χ0v) is 15.8. The number of ether oxygens (including phenoxy) is 1. The summed E-state index contributed by atoms with van der Waals surface area (Å²) >= 11 is 6.20. The van der Waals surface area contributed by atoms with E-state index in [1.807, 2.05) is 6.07 Å². The molecule has 28 heavy (non-hydrogen) atoms. The molecule has 1 amide bonds. The van der Waals surface area contributed by atoms with E-state index in [1.165, 1.54) is 6.20 Å². The van der Waals surface area contributed by atoms with Crippen LogP contribution in [0.2, 0.25) is 5.02 Å². The first-order valence-electron chi connectivity index (χ1n) is 8.32. The molecule has 1 heterocycles. The van der Waals surface area contributed by atoms with Crippen LogP contribution in [0.25, 0.3) is 0 Å². The Hall–Kier alpha value is -3.52. The molecule has 1 aromatic heterocycles. The van der Waals surface area contributed by atoms with Gasteiger partial charge in [-0.1, -0.05) is 29.8 Å². The van der Waals surface area contributed by atoms with E-state index < -0.39 is 5.91 Å². The van der Waals surface area contributed by atoms with E-state index in [0.29, 0.717) is 46.0 Å². The summed E-state index contributed by atoms with van der Waals surface area (Å²) in [5.74, 6) is 0.790. The Morgan fingerprint density at radius 2 is 2.04 bits per heavy atom. The van der Waals surface area contributed by atoms with Crippen LogP contribution < -0.4 is 26.8 Å². The molecule has 0 spiro atoms. The Labute approximate surface area is 166 Å². The molecule has 0 atom stereocenters. The maximum atomic E-state index is 11.6. The Kier molecular flexibility index (Phi) is 5.81. The number of nitrogens with two attached hydrogens (primary N) is 2. The van der Waals surface area contributed by atoms with Crippen molar-refractivity contribution >= 4 is 40.6 Å². The van der Waals surface area contributed by atoms with E-state index >= 15 is 0 Å². The zero-order chi connectivity index (χ0) is 20.1. The molecule has 0 aliphatic heterocycles. The molecular weight excluding hydrogens is 380 g/mol. The van der Waals surface area contributed by atoms with Crippen LogP contribution in [0.4, 0.5) is 23.1 Å². The summed E-state index contributed by atoms with van der Waals surface area (Å²) in [5.41, 5.74) is 13.6. The van der Waals surface area contributed by atoms with Gasteiger partial charge in [-0.2, -0.15) is 4.98 Å². The maximum absolute atomic E-state index is 11.6. The Bertz CT molecular complexity index is 1010. The minimum Gasteiger partial charge on any atom is -0.494 e. The zero-order valence-electron chi connectivity index (χ0n) is 15.1. The van der Waals surface area contributed by atoms with Crippen molar-refractivity contribution in [1.82, 2.24) is 9.97 Å². The lowest BCUT2D eigenvalue weighted by molar-refractivity contribution is 0.0999. The molecule has 0 fully saturated rings. The fourth-order valence-corrected chi connectivity index (χ4v) is 2.73. The average Bonchev–Trinajstić information content (AvgIpc) is 2.69. The maximum Gasteiger partial charge on any atom is 0.249 e. The molecule has 0 saturated heterocycles. The number of aromatic nitrogens is 2. The minimum atomic E-state index is -0.496. The Morgan fingerprint density at radius 3 is 2.79 bits per heavy atom. The van der Waals surface area contributed by atoms with Crippen LogP contribution in [0, 0.1) is 0 Å². The first kappa shape index (κ1) is 19.2.